The molecule has 0 saturated heterocycles. The third-order valence-corrected chi connectivity index (χ3v) is 4.82. The third-order valence-electron chi connectivity index (χ3n) is 4.82. The summed E-state index contributed by atoms with van der Waals surface area (Å²) in [6.07, 6.45) is 5.65. The summed E-state index contributed by atoms with van der Waals surface area (Å²) in [6.45, 7) is 0.678. The summed E-state index contributed by atoms with van der Waals surface area (Å²) in [7, 11) is 0. The molecule has 0 saturated carbocycles. The van der Waals surface area contributed by atoms with E-state index in [2.05, 4.69) is 19.9 Å². The van der Waals surface area contributed by atoms with Gasteiger partial charge in [0.05, 0.1) is 11.2 Å². The minimum Gasteiger partial charge on any atom is -0.368 e. The van der Waals surface area contributed by atoms with Crippen LogP contribution in [0.4, 0.5) is 21.8 Å². The van der Waals surface area contributed by atoms with Gasteiger partial charge < -0.3 is 10.6 Å². The number of halogens is 1. The molecule has 2 aromatic heterocycles. The second kappa shape index (κ2) is 5.98. The molecule has 0 fully saturated rings. The molecule has 0 atom stereocenters. The molecule has 27 heavy (non-hydrogen) atoms. The van der Waals surface area contributed by atoms with Crippen molar-refractivity contribution in [2.45, 2.75) is 6.42 Å². The average molecular weight is 358 g/mol. The lowest BCUT2D eigenvalue weighted by molar-refractivity contribution is 0.628. The van der Waals surface area contributed by atoms with E-state index in [9.17, 15) is 4.39 Å². The quantitative estimate of drug-likeness (QED) is 0.591. The van der Waals surface area contributed by atoms with Crippen molar-refractivity contribution in [2.75, 3.05) is 17.2 Å². The zero-order valence-corrected chi connectivity index (χ0v) is 14.3. The monoisotopic (exact) mass is 358 g/mol. The summed E-state index contributed by atoms with van der Waals surface area (Å²) < 4.78 is 14.5. The summed E-state index contributed by atoms with van der Waals surface area (Å²) in [6, 6.07) is 11.0. The molecular formula is C20H15FN6. The van der Waals surface area contributed by atoms with Crippen molar-refractivity contribution in [1.82, 2.24) is 19.9 Å². The fraction of sp³-hybridized carbons (Fsp3) is 0.100. The van der Waals surface area contributed by atoms with Gasteiger partial charge in [-0.15, -0.1) is 0 Å². The van der Waals surface area contributed by atoms with Crippen LogP contribution in [0.3, 0.4) is 0 Å². The van der Waals surface area contributed by atoms with E-state index in [1.54, 1.807) is 18.5 Å². The zero-order valence-electron chi connectivity index (χ0n) is 14.3. The van der Waals surface area contributed by atoms with Crippen LogP contribution in [0.5, 0.6) is 0 Å². The van der Waals surface area contributed by atoms with Gasteiger partial charge in [0, 0.05) is 29.9 Å². The maximum absolute atomic E-state index is 14.5. The molecule has 0 unspecified atom stereocenters. The van der Waals surface area contributed by atoms with Crippen LogP contribution in [-0.4, -0.2) is 26.5 Å². The number of fused-ring (bicyclic) bond motifs is 2. The van der Waals surface area contributed by atoms with Gasteiger partial charge in [0.2, 0.25) is 5.95 Å². The standard InChI is InChI=1S/C20H15FN6/c21-16-3-1-2-12-6-7-27(18(12)16)19-15-8-13(4-5-17(15)25-11-26-19)14-9-23-20(22)24-10-14/h1-5,8-11H,6-7H2,(H2,22,23,24). The highest BCUT2D eigenvalue weighted by Crippen LogP contribution is 2.38. The largest absolute Gasteiger partial charge is 0.368 e. The summed E-state index contributed by atoms with van der Waals surface area (Å²) in [5.74, 6) is 0.689. The van der Waals surface area contributed by atoms with Gasteiger partial charge in [0.25, 0.3) is 0 Å². The van der Waals surface area contributed by atoms with Crippen LogP contribution in [0.2, 0.25) is 0 Å². The molecule has 1 aliphatic heterocycles. The van der Waals surface area contributed by atoms with Gasteiger partial charge in [-0.25, -0.2) is 24.3 Å². The first-order valence-electron chi connectivity index (χ1n) is 8.58. The molecule has 0 radical (unpaired) electrons. The number of hydrogen-bond acceptors (Lipinski definition) is 6. The number of rotatable bonds is 2. The molecule has 3 heterocycles. The summed E-state index contributed by atoms with van der Waals surface area (Å²) in [5, 5.41) is 0.850. The van der Waals surface area contributed by atoms with Crippen molar-refractivity contribution < 1.29 is 4.39 Å². The van der Waals surface area contributed by atoms with Crippen LogP contribution >= 0.6 is 0 Å². The minimum atomic E-state index is -0.236. The number of aromatic nitrogens is 4. The van der Waals surface area contributed by atoms with E-state index in [-0.39, 0.29) is 11.8 Å². The Morgan fingerprint density at radius 1 is 0.963 bits per heavy atom. The first kappa shape index (κ1) is 15.6. The molecule has 2 aromatic carbocycles. The Kier molecular flexibility index (Phi) is 3.46. The van der Waals surface area contributed by atoms with Crippen LogP contribution in [-0.2, 0) is 6.42 Å². The van der Waals surface area contributed by atoms with Gasteiger partial charge in [-0.05, 0) is 35.7 Å². The maximum atomic E-state index is 14.5. The van der Waals surface area contributed by atoms with Crippen molar-refractivity contribution in [3.05, 3.63) is 66.5 Å². The Labute approximate surface area is 154 Å². The van der Waals surface area contributed by atoms with Crippen molar-refractivity contribution >= 4 is 28.4 Å². The van der Waals surface area contributed by atoms with Crippen LogP contribution in [0.1, 0.15) is 5.56 Å². The normalized spacial score (nSPS) is 13.1. The number of nitrogen functional groups attached to an aromatic ring is 1. The number of para-hydroxylation sites is 1. The fourth-order valence-corrected chi connectivity index (χ4v) is 3.54. The van der Waals surface area contributed by atoms with Crippen molar-refractivity contribution in [2.24, 2.45) is 0 Å². The van der Waals surface area contributed by atoms with Crippen LogP contribution < -0.4 is 10.6 Å². The zero-order chi connectivity index (χ0) is 18.4. The van der Waals surface area contributed by atoms with Crippen LogP contribution in [0.25, 0.3) is 22.0 Å². The molecular weight excluding hydrogens is 343 g/mol. The van der Waals surface area contributed by atoms with E-state index in [1.165, 1.54) is 12.4 Å². The van der Waals surface area contributed by atoms with E-state index < -0.39 is 0 Å². The van der Waals surface area contributed by atoms with Crippen molar-refractivity contribution in [3.63, 3.8) is 0 Å². The van der Waals surface area contributed by atoms with Gasteiger partial charge in [-0.1, -0.05) is 18.2 Å². The predicted molar refractivity (Wildman–Crippen MR) is 102 cm³/mol. The predicted octanol–water partition coefficient (Wildman–Crippen LogP) is 3.50. The Morgan fingerprint density at radius 2 is 1.81 bits per heavy atom. The topological polar surface area (TPSA) is 80.8 Å². The number of anilines is 3. The lowest BCUT2D eigenvalue weighted by Crippen LogP contribution is -2.16. The highest BCUT2D eigenvalue weighted by Gasteiger charge is 2.26. The number of hydrogen-bond donors (Lipinski definition) is 1. The molecule has 0 aliphatic carbocycles. The first-order chi connectivity index (χ1) is 13.2. The van der Waals surface area contributed by atoms with Gasteiger partial charge in [-0.3, -0.25) is 0 Å². The summed E-state index contributed by atoms with van der Waals surface area (Å²) in [4.78, 5) is 18.9. The van der Waals surface area contributed by atoms with Gasteiger partial charge in [0.15, 0.2) is 0 Å². The number of nitrogens with two attached hydrogens (primary N) is 1. The molecule has 0 spiro atoms. The van der Waals surface area contributed by atoms with Gasteiger partial charge in [0.1, 0.15) is 18.0 Å². The van der Waals surface area contributed by atoms with Gasteiger partial charge >= 0.3 is 0 Å². The molecule has 2 N–H and O–H groups in total. The SMILES string of the molecule is Nc1ncc(-c2ccc3ncnc(N4CCc5cccc(F)c54)c3c2)cn1. The molecule has 132 valence electrons. The molecule has 6 nitrogen and oxygen atoms in total. The van der Waals surface area contributed by atoms with Crippen molar-refractivity contribution in [1.29, 1.82) is 0 Å². The summed E-state index contributed by atoms with van der Waals surface area (Å²) >= 11 is 0. The van der Waals surface area contributed by atoms with E-state index >= 15 is 0 Å². The second-order valence-electron chi connectivity index (χ2n) is 6.41. The third kappa shape index (κ3) is 2.55. The minimum absolute atomic E-state index is 0.229. The van der Waals surface area contributed by atoms with Gasteiger partial charge in [-0.2, -0.15) is 0 Å². The lowest BCUT2D eigenvalue weighted by atomic mass is 10.1. The van der Waals surface area contributed by atoms with E-state index in [0.29, 0.717) is 18.1 Å². The maximum Gasteiger partial charge on any atom is 0.219 e. The summed E-state index contributed by atoms with van der Waals surface area (Å²) in [5.41, 5.74) is 9.72. The van der Waals surface area contributed by atoms with E-state index in [0.717, 1.165) is 34.0 Å². The highest BCUT2D eigenvalue weighted by atomic mass is 19.1. The molecule has 5 rings (SSSR count). The Bertz CT molecular complexity index is 1160. The molecule has 0 amide bonds. The smallest absolute Gasteiger partial charge is 0.219 e. The number of nitrogens with zero attached hydrogens (tertiary/aromatic N) is 5. The second-order valence-corrected chi connectivity index (χ2v) is 6.41. The average Bonchev–Trinajstić information content (AvgIpc) is 3.13. The van der Waals surface area contributed by atoms with Crippen molar-refractivity contribution in [3.8, 4) is 11.1 Å². The fourth-order valence-electron chi connectivity index (χ4n) is 3.54. The Balaban J connectivity index is 1.68. The first-order valence-corrected chi connectivity index (χ1v) is 8.58. The van der Waals surface area contributed by atoms with Crippen LogP contribution in [0.15, 0.2) is 55.1 Å². The molecule has 1 aliphatic rings. The highest BCUT2D eigenvalue weighted by molar-refractivity contribution is 5.95. The molecule has 4 aromatic rings. The lowest BCUT2D eigenvalue weighted by Gasteiger charge is -2.20. The molecule has 0 bridgehead atoms. The molecule has 7 heteroatoms. The number of benzene rings is 2. The Morgan fingerprint density at radius 3 is 2.67 bits per heavy atom. The van der Waals surface area contributed by atoms with Crippen LogP contribution in [0, 0.1) is 5.82 Å². The van der Waals surface area contributed by atoms with E-state index in [4.69, 9.17) is 5.73 Å². The Hall–Kier alpha value is -3.61. The van der Waals surface area contributed by atoms with E-state index in [1.807, 2.05) is 29.2 Å².